The summed E-state index contributed by atoms with van der Waals surface area (Å²) < 4.78 is 11.0. The van der Waals surface area contributed by atoms with Gasteiger partial charge in [0.25, 0.3) is 0 Å². The average Bonchev–Trinajstić information content (AvgIpc) is 3.26. The molecule has 0 radical (unpaired) electrons. The van der Waals surface area contributed by atoms with Crippen molar-refractivity contribution in [2.45, 2.75) is 19.4 Å². The third kappa shape index (κ3) is 5.75. The molecule has 0 aliphatic carbocycles. The molecule has 1 amide bonds. The Morgan fingerprint density at radius 3 is 3.03 bits per heavy atom. The lowest BCUT2D eigenvalue weighted by molar-refractivity contribution is -0.121. The minimum atomic E-state index is -0.114. The van der Waals surface area contributed by atoms with Gasteiger partial charge in [0.1, 0.15) is 12.4 Å². The van der Waals surface area contributed by atoms with Crippen LogP contribution in [0.5, 0.6) is 5.75 Å². The average molecular weight is 453 g/mol. The molecule has 32 heavy (non-hydrogen) atoms. The standard InChI is InChI=1S/C24H25ClN4O3/c1-2-12-31-21-10-4-9-20(14-21)26-24(30)18-7-5-11-29(15-18)16-22-27-23(28-32-22)17-6-3-8-19(25)13-17/h2-4,6,8-10,13-14,18H,1,5,7,11-12,15-16H2,(H,26,30). The number of piperidine rings is 1. The summed E-state index contributed by atoms with van der Waals surface area (Å²) in [6.45, 7) is 6.08. The van der Waals surface area contributed by atoms with Crippen molar-refractivity contribution in [3.05, 3.63) is 72.1 Å². The molecule has 1 unspecified atom stereocenters. The zero-order valence-electron chi connectivity index (χ0n) is 17.7. The van der Waals surface area contributed by atoms with Crippen LogP contribution in [0, 0.1) is 5.92 Å². The normalized spacial score (nSPS) is 16.5. The van der Waals surface area contributed by atoms with Gasteiger partial charge in [-0.3, -0.25) is 9.69 Å². The Hall–Kier alpha value is -3.16. The van der Waals surface area contributed by atoms with Crippen molar-refractivity contribution in [2.75, 3.05) is 25.0 Å². The van der Waals surface area contributed by atoms with Gasteiger partial charge in [0, 0.05) is 28.9 Å². The highest BCUT2D eigenvalue weighted by Gasteiger charge is 2.27. The van der Waals surface area contributed by atoms with Crippen LogP contribution in [0.4, 0.5) is 5.69 Å². The predicted molar refractivity (Wildman–Crippen MR) is 124 cm³/mol. The number of nitrogens with one attached hydrogen (secondary N) is 1. The monoisotopic (exact) mass is 452 g/mol. The number of benzene rings is 2. The van der Waals surface area contributed by atoms with E-state index < -0.39 is 0 Å². The molecule has 3 aromatic rings. The van der Waals surface area contributed by atoms with Gasteiger partial charge >= 0.3 is 0 Å². The summed E-state index contributed by atoms with van der Waals surface area (Å²) in [6.07, 6.45) is 3.45. The van der Waals surface area contributed by atoms with Crippen LogP contribution in [0.25, 0.3) is 11.4 Å². The molecule has 1 saturated heterocycles. The summed E-state index contributed by atoms with van der Waals surface area (Å²) >= 11 is 6.05. The second-order valence-electron chi connectivity index (χ2n) is 7.71. The molecular formula is C24H25ClN4O3. The number of rotatable bonds is 8. The molecule has 8 heteroatoms. The quantitative estimate of drug-likeness (QED) is 0.494. The first-order valence-electron chi connectivity index (χ1n) is 10.6. The van der Waals surface area contributed by atoms with Crippen molar-refractivity contribution in [2.24, 2.45) is 5.92 Å². The van der Waals surface area contributed by atoms with Crippen molar-refractivity contribution < 1.29 is 14.1 Å². The van der Waals surface area contributed by atoms with Crippen LogP contribution in [0.15, 0.2) is 65.7 Å². The zero-order chi connectivity index (χ0) is 22.3. The number of nitrogens with zero attached hydrogens (tertiary/aromatic N) is 3. The fourth-order valence-corrected chi connectivity index (χ4v) is 3.92. The Morgan fingerprint density at radius 2 is 2.19 bits per heavy atom. The van der Waals surface area contributed by atoms with E-state index in [9.17, 15) is 4.79 Å². The highest BCUT2D eigenvalue weighted by molar-refractivity contribution is 6.30. The Labute approximate surface area is 192 Å². The Bertz CT molecular complexity index is 1080. The number of halogens is 1. The molecule has 0 bridgehead atoms. The highest BCUT2D eigenvalue weighted by Crippen LogP contribution is 2.24. The number of amides is 1. The summed E-state index contributed by atoms with van der Waals surface area (Å²) in [5.41, 5.74) is 1.53. The van der Waals surface area contributed by atoms with E-state index in [0.717, 1.165) is 30.6 Å². The second kappa shape index (κ2) is 10.4. The molecular weight excluding hydrogens is 428 g/mol. The van der Waals surface area contributed by atoms with Crippen LogP contribution in [0.1, 0.15) is 18.7 Å². The molecule has 1 fully saturated rings. The van der Waals surface area contributed by atoms with E-state index in [4.69, 9.17) is 20.9 Å². The maximum Gasteiger partial charge on any atom is 0.241 e. The van der Waals surface area contributed by atoms with Gasteiger partial charge in [0.15, 0.2) is 0 Å². The van der Waals surface area contributed by atoms with Crippen LogP contribution < -0.4 is 10.1 Å². The Morgan fingerprint density at radius 1 is 1.31 bits per heavy atom. The van der Waals surface area contributed by atoms with Gasteiger partial charge in [-0.25, -0.2) is 0 Å². The van der Waals surface area contributed by atoms with Crippen molar-refractivity contribution in [1.82, 2.24) is 15.0 Å². The van der Waals surface area contributed by atoms with Gasteiger partial charge < -0.3 is 14.6 Å². The third-order valence-corrected chi connectivity index (χ3v) is 5.49. The molecule has 2 heterocycles. The molecule has 0 spiro atoms. The van der Waals surface area contributed by atoms with Crippen molar-refractivity contribution in [3.8, 4) is 17.1 Å². The van der Waals surface area contributed by atoms with Gasteiger partial charge in [-0.05, 0) is 43.7 Å². The number of carbonyl (C=O) groups excluding carboxylic acids is 1. The lowest BCUT2D eigenvalue weighted by Crippen LogP contribution is -2.40. The summed E-state index contributed by atoms with van der Waals surface area (Å²) in [6, 6.07) is 14.7. The van der Waals surface area contributed by atoms with E-state index in [-0.39, 0.29) is 11.8 Å². The van der Waals surface area contributed by atoms with E-state index in [1.807, 2.05) is 36.4 Å². The second-order valence-corrected chi connectivity index (χ2v) is 8.15. The molecule has 1 atom stereocenters. The summed E-state index contributed by atoms with van der Waals surface area (Å²) in [7, 11) is 0. The minimum absolute atomic E-state index is 0.000663. The van der Waals surface area contributed by atoms with E-state index in [2.05, 4.69) is 26.9 Å². The van der Waals surface area contributed by atoms with Gasteiger partial charge in [0.05, 0.1) is 12.5 Å². The van der Waals surface area contributed by atoms with Crippen LogP contribution in [-0.2, 0) is 11.3 Å². The SMILES string of the molecule is C=CCOc1cccc(NC(=O)C2CCCN(Cc3nc(-c4cccc(Cl)c4)no3)C2)c1. The fraction of sp³-hybridized carbons (Fsp3) is 0.292. The summed E-state index contributed by atoms with van der Waals surface area (Å²) in [5, 5.41) is 7.69. The van der Waals surface area contributed by atoms with Crippen molar-refractivity contribution in [1.29, 1.82) is 0 Å². The van der Waals surface area contributed by atoms with Crippen molar-refractivity contribution in [3.63, 3.8) is 0 Å². The molecule has 0 saturated carbocycles. The number of carbonyl (C=O) groups is 1. The molecule has 1 N–H and O–H groups in total. The van der Waals surface area contributed by atoms with Crippen LogP contribution in [0.2, 0.25) is 5.02 Å². The smallest absolute Gasteiger partial charge is 0.241 e. The maximum atomic E-state index is 12.9. The molecule has 1 aromatic heterocycles. The lowest BCUT2D eigenvalue weighted by Gasteiger charge is -2.30. The van der Waals surface area contributed by atoms with Crippen LogP contribution >= 0.6 is 11.6 Å². The van der Waals surface area contributed by atoms with Gasteiger partial charge in [-0.1, -0.05) is 47.6 Å². The first-order chi connectivity index (χ1) is 15.6. The Balaban J connectivity index is 1.34. The van der Waals surface area contributed by atoms with E-state index in [1.54, 1.807) is 18.2 Å². The van der Waals surface area contributed by atoms with Crippen LogP contribution in [0.3, 0.4) is 0 Å². The molecule has 1 aliphatic heterocycles. The molecule has 2 aromatic carbocycles. The molecule has 7 nitrogen and oxygen atoms in total. The van der Waals surface area contributed by atoms with Gasteiger partial charge in [0.2, 0.25) is 17.6 Å². The highest BCUT2D eigenvalue weighted by atomic mass is 35.5. The van der Waals surface area contributed by atoms with E-state index in [0.29, 0.717) is 42.2 Å². The summed E-state index contributed by atoms with van der Waals surface area (Å²) in [4.78, 5) is 19.5. The number of hydrogen-bond acceptors (Lipinski definition) is 6. The first kappa shape index (κ1) is 22.0. The molecule has 4 rings (SSSR count). The number of hydrogen-bond donors (Lipinski definition) is 1. The minimum Gasteiger partial charge on any atom is -0.489 e. The first-order valence-corrected chi connectivity index (χ1v) is 10.9. The molecule has 166 valence electrons. The predicted octanol–water partition coefficient (Wildman–Crippen LogP) is 4.81. The summed E-state index contributed by atoms with van der Waals surface area (Å²) in [5.74, 6) is 1.61. The Kier molecular flexibility index (Phi) is 7.19. The van der Waals surface area contributed by atoms with E-state index >= 15 is 0 Å². The van der Waals surface area contributed by atoms with Crippen molar-refractivity contribution >= 4 is 23.2 Å². The fourth-order valence-electron chi connectivity index (χ4n) is 3.73. The zero-order valence-corrected chi connectivity index (χ0v) is 18.4. The van der Waals surface area contributed by atoms with Gasteiger partial charge in [-0.15, -0.1) is 0 Å². The number of ether oxygens (including phenoxy) is 1. The maximum absolute atomic E-state index is 12.9. The largest absolute Gasteiger partial charge is 0.489 e. The number of anilines is 1. The van der Waals surface area contributed by atoms with Crippen LogP contribution in [-0.4, -0.2) is 40.6 Å². The number of aromatic nitrogens is 2. The third-order valence-electron chi connectivity index (χ3n) is 5.26. The number of likely N-dealkylation sites (tertiary alicyclic amines) is 1. The van der Waals surface area contributed by atoms with Gasteiger partial charge in [-0.2, -0.15) is 4.98 Å². The van der Waals surface area contributed by atoms with E-state index in [1.165, 1.54) is 0 Å². The topological polar surface area (TPSA) is 80.5 Å². The molecule has 1 aliphatic rings. The lowest BCUT2D eigenvalue weighted by atomic mass is 9.97.